The van der Waals surface area contributed by atoms with Gasteiger partial charge in [0, 0.05) is 5.56 Å². The van der Waals surface area contributed by atoms with Crippen molar-refractivity contribution in [3.63, 3.8) is 0 Å². The molecule has 0 N–H and O–H groups in total. The Hall–Kier alpha value is -2.34. The molecule has 2 aromatic rings. The Morgan fingerprint density at radius 2 is 1.94 bits per heavy atom. The van der Waals surface area contributed by atoms with Gasteiger partial charge in [-0.3, -0.25) is 0 Å². The topological polar surface area (TPSA) is 33.0 Å². The summed E-state index contributed by atoms with van der Waals surface area (Å²) in [5, 5.41) is 8.93. The van der Waals surface area contributed by atoms with E-state index in [1.54, 1.807) is 43.3 Å². The zero-order valence-corrected chi connectivity index (χ0v) is 9.98. The fourth-order valence-electron chi connectivity index (χ4n) is 1.64. The highest BCUT2D eigenvalue weighted by Crippen LogP contribution is 2.21. The van der Waals surface area contributed by atoms with E-state index in [1.807, 2.05) is 6.07 Å². The SMILES string of the molecule is Cc1cccc(OCc2ccccc2C#N)c1F. The summed E-state index contributed by atoms with van der Waals surface area (Å²) in [6, 6.07) is 14.2. The molecule has 0 unspecified atom stereocenters. The van der Waals surface area contributed by atoms with Crippen molar-refractivity contribution in [3.8, 4) is 11.8 Å². The number of rotatable bonds is 3. The first-order chi connectivity index (χ1) is 8.72. The van der Waals surface area contributed by atoms with Crippen LogP contribution in [-0.4, -0.2) is 0 Å². The van der Waals surface area contributed by atoms with Crippen LogP contribution in [0, 0.1) is 24.1 Å². The molecule has 2 nitrogen and oxygen atoms in total. The zero-order chi connectivity index (χ0) is 13.0. The molecule has 0 saturated heterocycles. The Kier molecular flexibility index (Phi) is 3.59. The molecule has 0 radical (unpaired) electrons. The molecule has 0 spiro atoms. The Morgan fingerprint density at radius 3 is 2.72 bits per heavy atom. The van der Waals surface area contributed by atoms with E-state index >= 15 is 0 Å². The Morgan fingerprint density at radius 1 is 1.17 bits per heavy atom. The van der Waals surface area contributed by atoms with Gasteiger partial charge >= 0.3 is 0 Å². The largest absolute Gasteiger partial charge is 0.486 e. The van der Waals surface area contributed by atoms with Crippen molar-refractivity contribution >= 4 is 0 Å². The fraction of sp³-hybridized carbons (Fsp3) is 0.133. The van der Waals surface area contributed by atoms with E-state index in [-0.39, 0.29) is 18.2 Å². The molecule has 18 heavy (non-hydrogen) atoms. The maximum Gasteiger partial charge on any atom is 0.167 e. The molecule has 0 aliphatic heterocycles. The van der Waals surface area contributed by atoms with Crippen LogP contribution < -0.4 is 4.74 Å². The van der Waals surface area contributed by atoms with Gasteiger partial charge in [0.15, 0.2) is 11.6 Å². The predicted molar refractivity (Wildman–Crippen MR) is 66.6 cm³/mol. The molecule has 0 heterocycles. The minimum absolute atomic E-state index is 0.185. The van der Waals surface area contributed by atoms with Crippen LogP contribution >= 0.6 is 0 Å². The fourth-order valence-corrected chi connectivity index (χ4v) is 1.64. The second-order valence-electron chi connectivity index (χ2n) is 3.94. The van der Waals surface area contributed by atoms with Gasteiger partial charge in [-0.25, -0.2) is 4.39 Å². The third-order valence-corrected chi connectivity index (χ3v) is 2.68. The molecule has 0 bridgehead atoms. The lowest BCUT2D eigenvalue weighted by Crippen LogP contribution is -2.00. The van der Waals surface area contributed by atoms with Crippen LogP contribution in [0.4, 0.5) is 4.39 Å². The van der Waals surface area contributed by atoms with Crippen LogP contribution in [-0.2, 0) is 6.61 Å². The van der Waals surface area contributed by atoms with Crippen molar-refractivity contribution < 1.29 is 9.13 Å². The number of nitriles is 1. The van der Waals surface area contributed by atoms with Gasteiger partial charge in [-0.05, 0) is 24.6 Å². The average Bonchev–Trinajstić information content (AvgIpc) is 2.41. The minimum Gasteiger partial charge on any atom is -0.486 e. The Balaban J connectivity index is 2.17. The quantitative estimate of drug-likeness (QED) is 0.822. The molecular weight excluding hydrogens is 229 g/mol. The summed E-state index contributed by atoms with van der Waals surface area (Å²) < 4.78 is 19.1. The van der Waals surface area contributed by atoms with Crippen molar-refractivity contribution in [1.29, 1.82) is 5.26 Å². The maximum atomic E-state index is 13.7. The van der Waals surface area contributed by atoms with E-state index in [2.05, 4.69) is 6.07 Å². The van der Waals surface area contributed by atoms with Crippen molar-refractivity contribution in [1.82, 2.24) is 0 Å². The molecule has 0 saturated carbocycles. The molecule has 90 valence electrons. The number of benzene rings is 2. The number of halogens is 1. The highest BCUT2D eigenvalue weighted by Gasteiger charge is 2.07. The number of ether oxygens (including phenoxy) is 1. The minimum atomic E-state index is -0.355. The summed E-state index contributed by atoms with van der Waals surface area (Å²) in [7, 11) is 0. The first-order valence-corrected chi connectivity index (χ1v) is 5.58. The highest BCUT2D eigenvalue weighted by atomic mass is 19.1. The van der Waals surface area contributed by atoms with Crippen molar-refractivity contribution in [2.75, 3.05) is 0 Å². The first-order valence-electron chi connectivity index (χ1n) is 5.58. The lowest BCUT2D eigenvalue weighted by Gasteiger charge is -2.09. The standard InChI is InChI=1S/C15H12FNO/c1-11-5-4-8-14(15(11)16)18-10-13-7-3-2-6-12(13)9-17/h2-8H,10H2,1H3. The maximum absolute atomic E-state index is 13.7. The van der Waals surface area contributed by atoms with Gasteiger partial charge in [-0.1, -0.05) is 30.3 Å². The van der Waals surface area contributed by atoms with Gasteiger partial charge in [0.25, 0.3) is 0 Å². The van der Waals surface area contributed by atoms with Crippen LogP contribution in [0.15, 0.2) is 42.5 Å². The molecule has 0 amide bonds. The number of hydrogen-bond donors (Lipinski definition) is 0. The van der Waals surface area contributed by atoms with E-state index < -0.39 is 0 Å². The molecule has 0 aliphatic rings. The molecule has 0 fully saturated rings. The normalized spacial score (nSPS) is 9.83. The predicted octanol–water partition coefficient (Wildman–Crippen LogP) is 3.58. The van der Waals surface area contributed by atoms with E-state index in [9.17, 15) is 4.39 Å². The molecule has 0 aliphatic carbocycles. The Labute approximate surface area is 105 Å². The highest BCUT2D eigenvalue weighted by molar-refractivity contribution is 5.37. The second kappa shape index (κ2) is 5.33. The Bertz CT molecular complexity index is 602. The number of aryl methyl sites for hydroxylation is 1. The van der Waals surface area contributed by atoms with Crippen LogP contribution in [0.25, 0.3) is 0 Å². The van der Waals surface area contributed by atoms with Crippen LogP contribution in [0.3, 0.4) is 0 Å². The average molecular weight is 241 g/mol. The van der Waals surface area contributed by atoms with Gasteiger partial charge in [-0.2, -0.15) is 5.26 Å². The summed E-state index contributed by atoms with van der Waals surface area (Å²) >= 11 is 0. The van der Waals surface area contributed by atoms with Gasteiger partial charge in [0.1, 0.15) is 6.61 Å². The summed E-state index contributed by atoms with van der Waals surface area (Å²) in [5.41, 5.74) is 1.84. The van der Waals surface area contributed by atoms with Crippen LogP contribution in [0.2, 0.25) is 0 Å². The molecule has 3 heteroatoms. The monoisotopic (exact) mass is 241 g/mol. The second-order valence-corrected chi connectivity index (χ2v) is 3.94. The molecule has 2 rings (SSSR count). The van der Waals surface area contributed by atoms with E-state index in [0.29, 0.717) is 11.1 Å². The van der Waals surface area contributed by atoms with Gasteiger partial charge in [-0.15, -0.1) is 0 Å². The summed E-state index contributed by atoms with van der Waals surface area (Å²) in [6.07, 6.45) is 0. The van der Waals surface area contributed by atoms with Gasteiger partial charge in [0.05, 0.1) is 11.6 Å². The van der Waals surface area contributed by atoms with Gasteiger partial charge in [0.2, 0.25) is 0 Å². The number of hydrogen-bond acceptors (Lipinski definition) is 2. The smallest absolute Gasteiger partial charge is 0.167 e. The lowest BCUT2D eigenvalue weighted by molar-refractivity contribution is 0.289. The third-order valence-electron chi connectivity index (χ3n) is 2.68. The van der Waals surface area contributed by atoms with Gasteiger partial charge < -0.3 is 4.74 Å². The van der Waals surface area contributed by atoms with Crippen molar-refractivity contribution in [2.45, 2.75) is 13.5 Å². The third kappa shape index (κ3) is 2.49. The molecule has 2 aromatic carbocycles. The first kappa shape index (κ1) is 12.1. The summed E-state index contributed by atoms with van der Waals surface area (Å²) in [5.74, 6) is -0.144. The van der Waals surface area contributed by atoms with E-state index in [1.165, 1.54) is 0 Å². The number of nitrogens with zero attached hydrogens (tertiary/aromatic N) is 1. The zero-order valence-electron chi connectivity index (χ0n) is 9.98. The van der Waals surface area contributed by atoms with Crippen molar-refractivity contribution in [3.05, 3.63) is 65.0 Å². The molecular formula is C15H12FNO. The van der Waals surface area contributed by atoms with Crippen LogP contribution in [0.5, 0.6) is 5.75 Å². The van der Waals surface area contributed by atoms with E-state index in [4.69, 9.17) is 10.00 Å². The molecule has 0 aromatic heterocycles. The molecule has 0 atom stereocenters. The summed E-state index contributed by atoms with van der Waals surface area (Å²) in [4.78, 5) is 0. The van der Waals surface area contributed by atoms with E-state index in [0.717, 1.165) is 5.56 Å². The summed E-state index contributed by atoms with van der Waals surface area (Å²) in [6.45, 7) is 1.87. The van der Waals surface area contributed by atoms with Crippen molar-refractivity contribution in [2.24, 2.45) is 0 Å². The van der Waals surface area contributed by atoms with Crippen LogP contribution in [0.1, 0.15) is 16.7 Å². The lowest BCUT2D eigenvalue weighted by atomic mass is 10.1.